The highest BCUT2D eigenvalue weighted by Crippen LogP contribution is 2.09. The number of hydrogen-bond acceptors (Lipinski definition) is 3. The molecule has 0 spiro atoms. The van der Waals surface area contributed by atoms with Crippen LogP contribution in [0.4, 0.5) is 0 Å². The molecule has 4 nitrogen and oxygen atoms in total. The molecule has 0 aliphatic carbocycles. The zero-order chi connectivity index (χ0) is 9.68. The minimum atomic E-state index is -0.333. The van der Waals surface area contributed by atoms with Crippen molar-refractivity contribution in [2.75, 3.05) is 6.61 Å². The molecule has 0 saturated heterocycles. The Morgan fingerprint density at radius 1 is 1.62 bits per heavy atom. The van der Waals surface area contributed by atoms with Crippen molar-refractivity contribution < 1.29 is 9.90 Å². The molecule has 0 radical (unpaired) electrons. The van der Waals surface area contributed by atoms with Crippen molar-refractivity contribution in [3.05, 3.63) is 30.1 Å². The van der Waals surface area contributed by atoms with Crippen LogP contribution in [0.15, 0.2) is 24.5 Å². The number of nitrogens with one attached hydrogen (secondary N) is 1. The zero-order valence-corrected chi connectivity index (χ0v) is 7.40. The summed E-state index contributed by atoms with van der Waals surface area (Å²) in [6, 6.07) is 3.19. The molecule has 0 aliphatic heterocycles. The quantitative estimate of drug-likeness (QED) is 0.701. The molecule has 0 fully saturated rings. The van der Waals surface area contributed by atoms with Gasteiger partial charge in [0.2, 0.25) is 5.91 Å². The van der Waals surface area contributed by atoms with Crippen LogP contribution in [0.2, 0.25) is 0 Å². The number of amides is 1. The van der Waals surface area contributed by atoms with Gasteiger partial charge in [-0.05, 0) is 17.7 Å². The van der Waals surface area contributed by atoms with Gasteiger partial charge in [-0.3, -0.25) is 9.78 Å². The Kier molecular flexibility index (Phi) is 3.40. The van der Waals surface area contributed by atoms with Crippen molar-refractivity contribution in [1.29, 1.82) is 0 Å². The smallest absolute Gasteiger partial charge is 0.217 e. The molecule has 0 saturated carbocycles. The average molecular weight is 180 g/mol. The number of nitrogens with zero attached hydrogens (tertiary/aromatic N) is 1. The second kappa shape index (κ2) is 4.57. The highest BCUT2D eigenvalue weighted by molar-refractivity contribution is 5.73. The van der Waals surface area contributed by atoms with Crippen LogP contribution < -0.4 is 5.32 Å². The van der Waals surface area contributed by atoms with Gasteiger partial charge in [0.25, 0.3) is 0 Å². The molecule has 1 aromatic rings. The van der Waals surface area contributed by atoms with Gasteiger partial charge in [0.1, 0.15) is 0 Å². The maximum Gasteiger partial charge on any atom is 0.217 e. The van der Waals surface area contributed by atoms with Gasteiger partial charge in [-0.15, -0.1) is 0 Å². The number of pyridine rings is 1. The van der Waals surface area contributed by atoms with Crippen molar-refractivity contribution in [3.63, 3.8) is 0 Å². The van der Waals surface area contributed by atoms with Crippen LogP contribution in [0.3, 0.4) is 0 Å². The van der Waals surface area contributed by atoms with Gasteiger partial charge in [-0.25, -0.2) is 0 Å². The molecule has 13 heavy (non-hydrogen) atoms. The van der Waals surface area contributed by atoms with Crippen LogP contribution >= 0.6 is 0 Å². The maximum atomic E-state index is 10.7. The fourth-order valence-electron chi connectivity index (χ4n) is 1.08. The number of aromatic nitrogens is 1. The van der Waals surface area contributed by atoms with Gasteiger partial charge >= 0.3 is 0 Å². The van der Waals surface area contributed by atoms with E-state index in [0.29, 0.717) is 0 Å². The van der Waals surface area contributed by atoms with Crippen molar-refractivity contribution in [2.45, 2.75) is 13.0 Å². The molecular weight excluding hydrogens is 168 g/mol. The van der Waals surface area contributed by atoms with E-state index < -0.39 is 0 Å². The van der Waals surface area contributed by atoms with Gasteiger partial charge < -0.3 is 10.4 Å². The van der Waals surface area contributed by atoms with E-state index in [0.717, 1.165) is 5.56 Å². The van der Waals surface area contributed by atoms with Crippen LogP contribution in [0.5, 0.6) is 0 Å². The third-order valence-corrected chi connectivity index (χ3v) is 1.67. The third kappa shape index (κ3) is 2.83. The normalized spacial score (nSPS) is 12.2. The van der Waals surface area contributed by atoms with Crippen molar-refractivity contribution in [1.82, 2.24) is 10.3 Å². The Balaban J connectivity index is 2.73. The molecule has 1 unspecified atom stereocenters. The summed E-state index contributed by atoms with van der Waals surface area (Å²) in [7, 11) is 0. The van der Waals surface area contributed by atoms with Crippen LogP contribution in [0.25, 0.3) is 0 Å². The average Bonchev–Trinajstić information content (AvgIpc) is 2.15. The monoisotopic (exact) mass is 180 g/mol. The maximum absolute atomic E-state index is 10.7. The van der Waals surface area contributed by atoms with Gasteiger partial charge in [-0.1, -0.05) is 0 Å². The lowest BCUT2D eigenvalue weighted by Gasteiger charge is -2.14. The first-order chi connectivity index (χ1) is 6.24. The third-order valence-electron chi connectivity index (χ3n) is 1.67. The fraction of sp³-hybridized carbons (Fsp3) is 0.333. The second-order valence-electron chi connectivity index (χ2n) is 2.72. The molecule has 70 valence electrons. The molecule has 0 bridgehead atoms. The molecule has 2 N–H and O–H groups in total. The number of aliphatic hydroxyl groups excluding tert-OH is 1. The largest absolute Gasteiger partial charge is 0.394 e. The summed E-state index contributed by atoms with van der Waals surface area (Å²) in [5.74, 6) is -0.157. The lowest BCUT2D eigenvalue weighted by atomic mass is 10.1. The van der Waals surface area contributed by atoms with E-state index in [2.05, 4.69) is 10.3 Å². The minimum absolute atomic E-state index is 0.108. The lowest BCUT2D eigenvalue weighted by Crippen LogP contribution is -2.28. The molecule has 0 aliphatic rings. The Bertz CT molecular complexity index is 274. The minimum Gasteiger partial charge on any atom is -0.394 e. The first kappa shape index (κ1) is 9.67. The summed E-state index contributed by atoms with van der Waals surface area (Å²) in [5.41, 5.74) is 0.854. The van der Waals surface area contributed by atoms with Crippen LogP contribution in [0, 0.1) is 0 Å². The predicted octanol–water partition coefficient (Wildman–Crippen LogP) is 0.251. The number of carbonyl (C=O) groups excluding carboxylic acids is 1. The van der Waals surface area contributed by atoms with Crippen molar-refractivity contribution >= 4 is 5.91 Å². The van der Waals surface area contributed by atoms with E-state index in [-0.39, 0.29) is 18.6 Å². The van der Waals surface area contributed by atoms with E-state index in [9.17, 15) is 4.79 Å². The van der Waals surface area contributed by atoms with Gasteiger partial charge in [0, 0.05) is 19.3 Å². The fourth-order valence-corrected chi connectivity index (χ4v) is 1.08. The van der Waals surface area contributed by atoms with Crippen molar-refractivity contribution in [3.8, 4) is 0 Å². The summed E-state index contributed by atoms with van der Waals surface area (Å²) >= 11 is 0. The number of aliphatic hydroxyl groups is 1. The van der Waals surface area contributed by atoms with Crippen LogP contribution in [-0.4, -0.2) is 22.6 Å². The Labute approximate surface area is 76.6 Å². The van der Waals surface area contributed by atoms with E-state index in [1.54, 1.807) is 24.5 Å². The molecule has 1 rings (SSSR count). The zero-order valence-electron chi connectivity index (χ0n) is 7.40. The lowest BCUT2D eigenvalue weighted by molar-refractivity contribution is -0.120. The topological polar surface area (TPSA) is 62.2 Å². The summed E-state index contributed by atoms with van der Waals surface area (Å²) in [5, 5.41) is 11.6. The SMILES string of the molecule is CC(=O)NC(CO)c1ccncc1. The van der Waals surface area contributed by atoms with E-state index >= 15 is 0 Å². The van der Waals surface area contributed by atoms with E-state index in [4.69, 9.17) is 5.11 Å². The molecule has 1 atom stereocenters. The highest BCUT2D eigenvalue weighted by Gasteiger charge is 2.09. The van der Waals surface area contributed by atoms with E-state index in [1.807, 2.05) is 0 Å². The second-order valence-corrected chi connectivity index (χ2v) is 2.72. The van der Waals surface area contributed by atoms with Gasteiger partial charge in [-0.2, -0.15) is 0 Å². The predicted molar refractivity (Wildman–Crippen MR) is 47.9 cm³/mol. The van der Waals surface area contributed by atoms with Crippen LogP contribution in [-0.2, 0) is 4.79 Å². The number of carbonyl (C=O) groups is 1. The molecule has 4 heteroatoms. The van der Waals surface area contributed by atoms with Crippen LogP contribution in [0.1, 0.15) is 18.5 Å². The first-order valence-corrected chi connectivity index (χ1v) is 4.02. The van der Waals surface area contributed by atoms with Gasteiger partial charge in [0.05, 0.1) is 12.6 Å². The standard InChI is InChI=1S/C9H12N2O2/c1-7(13)11-9(6-12)8-2-4-10-5-3-8/h2-5,9,12H,6H2,1H3,(H,11,13). The van der Waals surface area contributed by atoms with Crippen molar-refractivity contribution in [2.24, 2.45) is 0 Å². The molecule has 1 amide bonds. The Morgan fingerprint density at radius 3 is 2.69 bits per heavy atom. The Hall–Kier alpha value is -1.42. The first-order valence-electron chi connectivity index (χ1n) is 4.02. The molecule has 0 aromatic carbocycles. The summed E-state index contributed by atoms with van der Waals surface area (Å²) < 4.78 is 0. The summed E-state index contributed by atoms with van der Waals surface area (Å²) in [6.07, 6.45) is 3.25. The Morgan fingerprint density at radius 2 is 2.23 bits per heavy atom. The van der Waals surface area contributed by atoms with Gasteiger partial charge in [0.15, 0.2) is 0 Å². The number of rotatable bonds is 3. The molecule has 1 heterocycles. The van der Waals surface area contributed by atoms with E-state index in [1.165, 1.54) is 6.92 Å². The molecular formula is C9H12N2O2. The number of hydrogen-bond donors (Lipinski definition) is 2. The summed E-state index contributed by atoms with van der Waals surface area (Å²) in [6.45, 7) is 1.31. The molecule has 1 aromatic heterocycles. The highest BCUT2D eigenvalue weighted by atomic mass is 16.3. The summed E-state index contributed by atoms with van der Waals surface area (Å²) in [4.78, 5) is 14.6.